The molecule has 25 heavy (non-hydrogen) atoms. The molecule has 2 aromatic rings. The lowest BCUT2D eigenvalue weighted by Gasteiger charge is -2.12. The summed E-state index contributed by atoms with van der Waals surface area (Å²) in [4.78, 5) is 11.7. The third kappa shape index (κ3) is 5.70. The first kappa shape index (κ1) is 18.6. The zero-order valence-electron chi connectivity index (χ0n) is 13.9. The third-order valence-electron chi connectivity index (χ3n) is 3.42. The molecule has 0 spiro atoms. The number of anilines is 1. The van der Waals surface area contributed by atoms with Gasteiger partial charge in [0.1, 0.15) is 12.4 Å². The van der Waals surface area contributed by atoms with Crippen LogP contribution in [0.2, 0.25) is 0 Å². The Morgan fingerprint density at radius 3 is 2.56 bits per heavy atom. The molecule has 2 amide bonds. The van der Waals surface area contributed by atoms with E-state index in [4.69, 9.17) is 4.74 Å². The molecule has 0 aliphatic heterocycles. The van der Waals surface area contributed by atoms with E-state index in [0.29, 0.717) is 0 Å². The van der Waals surface area contributed by atoms with Crippen LogP contribution in [0.4, 0.5) is 23.7 Å². The smallest absolute Gasteiger partial charge is 0.416 e. The quantitative estimate of drug-likeness (QED) is 0.777. The van der Waals surface area contributed by atoms with Gasteiger partial charge in [-0.3, -0.25) is 0 Å². The number of carbonyl (C=O) groups is 1. The zero-order valence-corrected chi connectivity index (χ0v) is 13.9. The van der Waals surface area contributed by atoms with Gasteiger partial charge in [-0.1, -0.05) is 23.8 Å². The maximum absolute atomic E-state index is 12.6. The molecule has 0 aliphatic carbocycles. The number of halogens is 3. The van der Waals surface area contributed by atoms with Gasteiger partial charge >= 0.3 is 12.2 Å². The van der Waals surface area contributed by atoms with Crippen molar-refractivity contribution < 1.29 is 22.7 Å². The molecule has 0 atom stereocenters. The summed E-state index contributed by atoms with van der Waals surface area (Å²) in [7, 11) is 0. The highest BCUT2D eigenvalue weighted by Crippen LogP contribution is 2.30. The number of aryl methyl sites for hydroxylation is 2. The minimum atomic E-state index is -4.45. The average Bonchev–Trinajstić information content (AvgIpc) is 2.52. The first-order chi connectivity index (χ1) is 11.8. The SMILES string of the molecule is Cc1ccc(OCCNC(=O)Nc2cccc(C(F)(F)F)c2)c(C)c1. The van der Waals surface area contributed by atoms with Crippen molar-refractivity contribution in [3.05, 3.63) is 59.2 Å². The number of rotatable bonds is 5. The van der Waals surface area contributed by atoms with Gasteiger partial charge in [-0.15, -0.1) is 0 Å². The fourth-order valence-electron chi connectivity index (χ4n) is 2.24. The summed E-state index contributed by atoms with van der Waals surface area (Å²) in [6, 6.07) is 9.63. The standard InChI is InChI=1S/C18H19F3N2O2/c1-12-6-7-16(13(2)10-12)25-9-8-22-17(24)23-15-5-3-4-14(11-15)18(19,20)21/h3-7,10-11H,8-9H2,1-2H3,(H2,22,23,24). The fraction of sp³-hybridized carbons (Fsp3) is 0.278. The van der Waals surface area contributed by atoms with Gasteiger partial charge in [0, 0.05) is 5.69 Å². The van der Waals surface area contributed by atoms with Crippen LogP contribution in [0.15, 0.2) is 42.5 Å². The van der Waals surface area contributed by atoms with Crippen LogP contribution >= 0.6 is 0 Å². The van der Waals surface area contributed by atoms with Crippen LogP contribution in [0, 0.1) is 13.8 Å². The van der Waals surface area contributed by atoms with Gasteiger partial charge in [-0.05, 0) is 43.7 Å². The van der Waals surface area contributed by atoms with E-state index >= 15 is 0 Å². The molecule has 2 aromatic carbocycles. The number of alkyl halides is 3. The van der Waals surface area contributed by atoms with Gasteiger partial charge in [0.25, 0.3) is 0 Å². The largest absolute Gasteiger partial charge is 0.491 e. The lowest BCUT2D eigenvalue weighted by molar-refractivity contribution is -0.137. The number of benzene rings is 2. The molecule has 0 saturated heterocycles. The normalized spacial score (nSPS) is 11.1. The molecule has 7 heteroatoms. The predicted octanol–water partition coefficient (Wildman–Crippen LogP) is 4.52. The van der Waals surface area contributed by atoms with E-state index in [0.717, 1.165) is 29.0 Å². The molecule has 0 saturated carbocycles. The predicted molar refractivity (Wildman–Crippen MR) is 89.9 cm³/mol. The van der Waals surface area contributed by atoms with Crippen LogP contribution in [0.1, 0.15) is 16.7 Å². The molecule has 0 unspecified atom stereocenters. The van der Waals surface area contributed by atoms with E-state index in [9.17, 15) is 18.0 Å². The van der Waals surface area contributed by atoms with E-state index in [1.165, 1.54) is 12.1 Å². The molecule has 4 nitrogen and oxygen atoms in total. The van der Waals surface area contributed by atoms with Gasteiger partial charge in [0.15, 0.2) is 0 Å². The Morgan fingerprint density at radius 1 is 1.12 bits per heavy atom. The molecule has 0 bridgehead atoms. The molecule has 0 fully saturated rings. The molecule has 0 aliphatic rings. The lowest BCUT2D eigenvalue weighted by Crippen LogP contribution is -2.32. The Balaban J connectivity index is 1.79. The van der Waals surface area contributed by atoms with Crippen molar-refractivity contribution in [2.75, 3.05) is 18.5 Å². The summed E-state index contributed by atoms with van der Waals surface area (Å²) in [6.07, 6.45) is -4.45. The molecular formula is C18H19F3N2O2. The van der Waals surface area contributed by atoms with Crippen LogP contribution in [0.5, 0.6) is 5.75 Å². The van der Waals surface area contributed by atoms with E-state index in [2.05, 4.69) is 10.6 Å². The van der Waals surface area contributed by atoms with Crippen molar-refractivity contribution in [2.45, 2.75) is 20.0 Å². The molecule has 0 aromatic heterocycles. The summed E-state index contributed by atoms with van der Waals surface area (Å²) >= 11 is 0. The van der Waals surface area contributed by atoms with Crippen LogP contribution in [-0.2, 0) is 6.18 Å². The molecular weight excluding hydrogens is 333 g/mol. The van der Waals surface area contributed by atoms with E-state index < -0.39 is 17.8 Å². The Kier molecular flexibility index (Phi) is 5.90. The number of urea groups is 1. The second kappa shape index (κ2) is 7.92. The molecule has 0 heterocycles. The minimum Gasteiger partial charge on any atom is -0.491 e. The Morgan fingerprint density at radius 2 is 1.88 bits per heavy atom. The highest BCUT2D eigenvalue weighted by molar-refractivity contribution is 5.89. The van der Waals surface area contributed by atoms with Crippen molar-refractivity contribution in [1.29, 1.82) is 0 Å². The summed E-state index contributed by atoms with van der Waals surface area (Å²) in [5.41, 5.74) is 1.38. The first-order valence-corrected chi connectivity index (χ1v) is 7.68. The van der Waals surface area contributed by atoms with Gasteiger partial charge < -0.3 is 15.4 Å². The lowest BCUT2D eigenvalue weighted by atomic mass is 10.1. The average molecular weight is 352 g/mol. The second-order valence-electron chi connectivity index (χ2n) is 5.58. The van der Waals surface area contributed by atoms with Crippen molar-refractivity contribution in [2.24, 2.45) is 0 Å². The minimum absolute atomic E-state index is 0.0719. The van der Waals surface area contributed by atoms with Gasteiger partial charge in [-0.2, -0.15) is 13.2 Å². The third-order valence-corrected chi connectivity index (χ3v) is 3.42. The molecule has 2 N–H and O–H groups in total. The maximum atomic E-state index is 12.6. The summed E-state index contributed by atoms with van der Waals surface area (Å²) in [5, 5.41) is 4.90. The fourth-order valence-corrected chi connectivity index (χ4v) is 2.24. The Bertz CT molecular complexity index is 745. The summed E-state index contributed by atoms with van der Waals surface area (Å²) in [5.74, 6) is 0.727. The molecule has 0 radical (unpaired) electrons. The van der Waals surface area contributed by atoms with Crippen molar-refractivity contribution in [1.82, 2.24) is 5.32 Å². The molecule has 2 rings (SSSR count). The Hall–Kier alpha value is -2.70. The monoisotopic (exact) mass is 352 g/mol. The van der Waals surface area contributed by atoms with E-state index in [1.807, 2.05) is 32.0 Å². The highest BCUT2D eigenvalue weighted by Gasteiger charge is 2.30. The van der Waals surface area contributed by atoms with Crippen molar-refractivity contribution in [3.63, 3.8) is 0 Å². The summed E-state index contributed by atoms with van der Waals surface area (Å²) in [6.45, 7) is 4.38. The summed E-state index contributed by atoms with van der Waals surface area (Å²) < 4.78 is 43.4. The van der Waals surface area contributed by atoms with Crippen molar-refractivity contribution in [3.8, 4) is 5.75 Å². The zero-order chi connectivity index (χ0) is 18.4. The van der Waals surface area contributed by atoms with E-state index in [-0.39, 0.29) is 18.8 Å². The Labute approximate surface area is 144 Å². The number of nitrogens with one attached hydrogen (secondary N) is 2. The van der Waals surface area contributed by atoms with Crippen LogP contribution in [0.25, 0.3) is 0 Å². The van der Waals surface area contributed by atoms with Gasteiger partial charge in [0.2, 0.25) is 0 Å². The highest BCUT2D eigenvalue weighted by atomic mass is 19.4. The van der Waals surface area contributed by atoms with Crippen molar-refractivity contribution >= 4 is 11.7 Å². The number of amides is 2. The second-order valence-corrected chi connectivity index (χ2v) is 5.58. The van der Waals surface area contributed by atoms with E-state index in [1.54, 1.807) is 0 Å². The topological polar surface area (TPSA) is 50.4 Å². The maximum Gasteiger partial charge on any atom is 0.416 e. The number of ether oxygens (including phenoxy) is 1. The number of carbonyl (C=O) groups excluding carboxylic acids is 1. The van der Waals surface area contributed by atoms with Crippen LogP contribution < -0.4 is 15.4 Å². The van der Waals surface area contributed by atoms with Gasteiger partial charge in [-0.25, -0.2) is 4.79 Å². The van der Waals surface area contributed by atoms with Crippen LogP contribution in [-0.4, -0.2) is 19.2 Å². The number of hydrogen-bond donors (Lipinski definition) is 2. The number of hydrogen-bond acceptors (Lipinski definition) is 2. The molecule has 134 valence electrons. The first-order valence-electron chi connectivity index (χ1n) is 7.68. The van der Waals surface area contributed by atoms with Gasteiger partial charge in [0.05, 0.1) is 12.1 Å². The van der Waals surface area contributed by atoms with Crippen LogP contribution in [0.3, 0.4) is 0 Å².